The summed E-state index contributed by atoms with van der Waals surface area (Å²) in [5.41, 5.74) is 1.88. The highest BCUT2D eigenvalue weighted by Gasteiger charge is 2.19. The normalized spacial score (nSPS) is 16.8. The molecule has 7 nitrogen and oxygen atoms in total. The molecule has 0 unspecified atom stereocenters. The molecule has 1 aromatic heterocycles. The molecule has 24 heavy (non-hydrogen) atoms. The number of benzene rings is 1. The maximum atomic E-state index is 12.3. The number of fused-ring (bicyclic) bond motifs is 1. The Hall–Kier alpha value is -1.99. The van der Waals surface area contributed by atoms with Crippen LogP contribution in [-0.4, -0.2) is 65.3 Å². The first-order valence-electron chi connectivity index (χ1n) is 8.57. The van der Waals surface area contributed by atoms with Crippen molar-refractivity contribution in [1.82, 2.24) is 20.1 Å². The van der Waals surface area contributed by atoms with E-state index in [-0.39, 0.29) is 5.91 Å². The molecule has 1 aromatic carbocycles. The van der Waals surface area contributed by atoms with E-state index in [1.54, 1.807) is 6.07 Å². The number of piperazine rings is 1. The van der Waals surface area contributed by atoms with Gasteiger partial charge in [0, 0.05) is 26.2 Å². The maximum Gasteiger partial charge on any atom is 0.238 e. The smallest absolute Gasteiger partial charge is 0.238 e. The number of carbonyl (C=O) groups excluding carboxylic acids is 1. The van der Waals surface area contributed by atoms with Gasteiger partial charge in [0.05, 0.1) is 12.2 Å². The van der Waals surface area contributed by atoms with Crippen LogP contribution in [0.15, 0.2) is 22.8 Å². The Morgan fingerprint density at radius 1 is 1.21 bits per heavy atom. The number of nitrogens with one attached hydrogen (secondary N) is 1. The van der Waals surface area contributed by atoms with Gasteiger partial charge in [0.1, 0.15) is 5.52 Å². The number of rotatable bonds is 6. The Labute approximate surface area is 141 Å². The molecule has 1 fully saturated rings. The fourth-order valence-corrected chi connectivity index (χ4v) is 2.91. The van der Waals surface area contributed by atoms with Gasteiger partial charge in [0.15, 0.2) is 5.52 Å². The van der Waals surface area contributed by atoms with E-state index in [2.05, 4.69) is 39.3 Å². The van der Waals surface area contributed by atoms with Gasteiger partial charge < -0.3 is 10.2 Å². The Balaban J connectivity index is 1.47. The molecule has 0 atom stereocenters. The zero-order chi connectivity index (χ0) is 16.9. The molecule has 1 aliphatic rings. The van der Waals surface area contributed by atoms with Crippen LogP contribution >= 0.6 is 0 Å². The predicted molar refractivity (Wildman–Crippen MR) is 92.8 cm³/mol. The fraction of sp³-hybridized carbons (Fsp3) is 0.588. The summed E-state index contributed by atoms with van der Waals surface area (Å²) in [6.45, 7) is 9.99. The largest absolute Gasteiger partial charge is 0.323 e. The van der Waals surface area contributed by atoms with Crippen LogP contribution in [0.25, 0.3) is 11.0 Å². The molecule has 0 saturated carbocycles. The number of hydrogen-bond acceptors (Lipinski definition) is 6. The highest BCUT2D eigenvalue weighted by Crippen LogP contribution is 2.19. The predicted octanol–water partition coefficient (Wildman–Crippen LogP) is 1.82. The zero-order valence-electron chi connectivity index (χ0n) is 14.4. The van der Waals surface area contributed by atoms with Crippen molar-refractivity contribution in [2.45, 2.75) is 20.3 Å². The minimum atomic E-state index is -0.0267. The van der Waals surface area contributed by atoms with Gasteiger partial charge in [-0.25, -0.2) is 4.63 Å². The van der Waals surface area contributed by atoms with Crippen LogP contribution in [0, 0.1) is 5.92 Å². The Morgan fingerprint density at radius 3 is 2.71 bits per heavy atom. The van der Waals surface area contributed by atoms with Crippen molar-refractivity contribution in [2.75, 3.05) is 44.6 Å². The second-order valence-corrected chi connectivity index (χ2v) is 6.79. The molecular formula is C17H25N5O2. The summed E-state index contributed by atoms with van der Waals surface area (Å²) < 4.78 is 4.72. The lowest BCUT2D eigenvalue weighted by Gasteiger charge is -2.34. The van der Waals surface area contributed by atoms with Gasteiger partial charge >= 0.3 is 0 Å². The molecular weight excluding hydrogens is 306 g/mol. The van der Waals surface area contributed by atoms with Crippen LogP contribution in [0.1, 0.15) is 20.3 Å². The SMILES string of the molecule is CC(C)CCN1CCN(CC(=O)Nc2cccc3nonc23)CC1. The van der Waals surface area contributed by atoms with E-state index < -0.39 is 0 Å². The van der Waals surface area contributed by atoms with E-state index in [1.807, 2.05) is 12.1 Å². The lowest BCUT2D eigenvalue weighted by Crippen LogP contribution is -2.48. The van der Waals surface area contributed by atoms with E-state index in [1.165, 1.54) is 6.42 Å². The molecule has 1 saturated heterocycles. The number of carbonyl (C=O) groups is 1. The van der Waals surface area contributed by atoms with Gasteiger partial charge in [-0.05, 0) is 41.3 Å². The number of hydrogen-bond donors (Lipinski definition) is 1. The van der Waals surface area contributed by atoms with E-state index >= 15 is 0 Å². The van der Waals surface area contributed by atoms with Gasteiger partial charge in [-0.1, -0.05) is 19.9 Å². The highest BCUT2D eigenvalue weighted by atomic mass is 16.6. The first kappa shape index (κ1) is 16.9. The lowest BCUT2D eigenvalue weighted by atomic mass is 10.1. The number of anilines is 1. The Morgan fingerprint density at radius 2 is 1.96 bits per heavy atom. The minimum Gasteiger partial charge on any atom is -0.323 e. The molecule has 130 valence electrons. The van der Waals surface area contributed by atoms with E-state index in [9.17, 15) is 4.79 Å². The van der Waals surface area contributed by atoms with Crippen molar-refractivity contribution in [1.29, 1.82) is 0 Å². The van der Waals surface area contributed by atoms with Gasteiger partial charge in [0.2, 0.25) is 5.91 Å². The maximum absolute atomic E-state index is 12.3. The number of aromatic nitrogens is 2. The van der Waals surface area contributed by atoms with Crippen LogP contribution in [-0.2, 0) is 4.79 Å². The third-order valence-corrected chi connectivity index (χ3v) is 4.41. The molecule has 2 heterocycles. The summed E-state index contributed by atoms with van der Waals surface area (Å²) in [4.78, 5) is 17.0. The first-order valence-corrected chi connectivity index (χ1v) is 8.57. The van der Waals surface area contributed by atoms with Crippen molar-refractivity contribution < 1.29 is 9.42 Å². The zero-order valence-corrected chi connectivity index (χ0v) is 14.4. The molecule has 2 aromatic rings. The van der Waals surface area contributed by atoms with Crippen LogP contribution < -0.4 is 5.32 Å². The first-order chi connectivity index (χ1) is 11.6. The molecule has 3 rings (SSSR count). The van der Waals surface area contributed by atoms with Crippen molar-refractivity contribution in [3.63, 3.8) is 0 Å². The Kier molecular flexibility index (Phi) is 5.42. The molecule has 1 amide bonds. The average molecular weight is 331 g/mol. The minimum absolute atomic E-state index is 0.0267. The van der Waals surface area contributed by atoms with Crippen LogP contribution in [0.4, 0.5) is 5.69 Å². The second kappa shape index (κ2) is 7.72. The molecule has 0 radical (unpaired) electrons. The third-order valence-electron chi connectivity index (χ3n) is 4.41. The molecule has 0 spiro atoms. The van der Waals surface area contributed by atoms with Gasteiger partial charge in [0.25, 0.3) is 0 Å². The lowest BCUT2D eigenvalue weighted by molar-refractivity contribution is -0.117. The van der Waals surface area contributed by atoms with E-state index in [0.717, 1.165) is 38.6 Å². The van der Waals surface area contributed by atoms with Gasteiger partial charge in [-0.15, -0.1) is 0 Å². The van der Waals surface area contributed by atoms with Gasteiger partial charge in [-0.3, -0.25) is 9.69 Å². The second-order valence-electron chi connectivity index (χ2n) is 6.79. The van der Waals surface area contributed by atoms with Crippen LogP contribution in [0.3, 0.4) is 0 Å². The quantitative estimate of drug-likeness (QED) is 0.870. The molecule has 1 aliphatic heterocycles. The summed E-state index contributed by atoms with van der Waals surface area (Å²) in [6.07, 6.45) is 1.23. The standard InChI is InChI=1S/C17H25N5O2/c1-13(2)6-7-21-8-10-22(11-9-21)12-16(23)18-14-4-3-5-15-17(14)20-24-19-15/h3-5,13H,6-12H2,1-2H3,(H,18,23). The monoisotopic (exact) mass is 331 g/mol. The summed E-state index contributed by atoms with van der Waals surface area (Å²) >= 11 is 0. The van der Waals surface area contributed by atoms with E-state index in [0.29, 0.717) is 23.3 Å². The van der Waals surface area contributed by atoms with Crippen molar-refractivity contribution in [3.05, 3.63) is 18.2 Å². The average Bonchev–Trinajstić information content (AvgIpc) is 3.04. The summed E-state index contributed by atoms with van der Waals surface area (Å²) in [6, 6.07) is 5.45. The summed E-state index contributed by atoms with van der Waals surface area (Å²) in [5, 5.41) is 10.5. The third kappa shape index (κ3) is 4.30. The van der Waals surface area contributed by atoms with E-state index in [4.69, 9.17) is 4.63 Å². The number of amides is 1. The van der Waals surface area contributed by atoms with Crippen LogP contribution in [0.2, 0.25) is 0 Å². The molecule has 7 heteroatoms. The van der Waals surface area contributed by atoms with Gasteiger partial charge in [-0.2, -0.15) is 0 Å². The molecule has 0 bridgehead atoms. The van der Waals surface area contributed by atoms with Crippen molar-refractivity contribution in [3.8, 4) is 0 Å². The number of nitrogens with zero attached hydrogens (tertiary/aromatic N) is 4. The summed E-state index contributed by atoms with van der Waals surface area (Å²) in [7, 11) is 0. The molecule has 1 N–H and O–H groups in total. The summed E-state index contributed by atoms with van der Waals surface area (Å²) in [5.74, 6) is 0.712. The van der Waals surface area contributed by atoms with Crippen molar-refractivity contribution in [2.24, 2.45) is 5.92 Å². The highest BCUT2D eigenvalue weighted by molar-refractivity contribution is 5.99. The van der Waals surface area contributed by atoms with Crippen LogP contribution in [0.5, 0.6) is 0 Å². The topological polar surface area (TPSA) is 74.5 Å². The Bertz CT molecular complexity index is 676. The van der Waals surface area contributed by atoms with Crippen molar-refractivity contribution >= 4 is 22.6 Å². The molecule has 0 aliphatic carbocycles. The fourth-order valence-electron chi connectivity index (χ4n) is 2.91.